The second kappa shape index (κ2) is 5.81. The van der Waals surface area contributed by atoms with Crippen LogP contribution in [0, 0.1) is 11.6 Å². The molecule has 2 rings (SSSR count). The Morgan fingerprint density at radius 3 is 2.72 bits per heavy atom. The largest absolute Gasteiger partial charge is 0.307 e. The summed E-state index contributed by atoms with van der Waals surface area (Å²) in [7, 11) is 0. The van der Waals surface area contributed by atoms with E-state index in [2.05, 4.69) is 11.4 Å². The number of rotatable bonds is 4. The maximum Gasteiger partial charge on any atom is 0.142 e. The fraction of sp³-hybridized carbons (Fsp3) is 0.429. The first-order valence-corrected chi connectivity index (χ1v) is 6.58. The number of benzene rings is 1. The lowest BCUT2D eigenvalue weighted by Gasteiger charge is -2.21. The van der Waals surface area contributed by atoms with Crippen LogP contribution in [-0.2, 0) is 0 Å². The van der Waals surface area contributed by atoms with Crippen LogP contribution in [0.1, 0.15) is 37.8 Å². The fourth-order valence-corrected chi connectivity index (χ4v) is 2.51. The molecule has 98 valence electrons. The van der Waals surface area contributed by atoms with Crippen molar-refractivity contribution in [3.05, 3.63) is 46.0 Å². The molecule has 0 saturated heterocycles. The van der Waals surface area contributed by atoms with E-state index >= 15 is 0 Å². The second-order valence-corrected chi connectivity index (χ2v) is 4.86. The van der Waals surface area contributed by atoms with Crippen molar-refractivity contribution in [1.29, 1.82) is 0 Å². The minimum Gasteiger partial charge on any atom is -0.307 e. The van der Waals surface area contributed by atoms with Gasteiger partial charge in [0.05, 0.1) is 11.1 Å². The molecule has 1 aromatic carbocycles. The van der Waals surface area contributed by atoms with Crippen LogP contribution in [0.5, 0.6) is 0 Å². The lowest BCUT2D eigenvalue weighted by atomic mass is 9.97. The van der Waals surface area contributed by atoms with Gasteiger partial charge in [-0.2, -0.15) is 0 Å². The van der Waals surface area contributed by atoms with Crippen LogP contribution in [0.15, 0.2) is 23.8 Å². The molecule has 1 atom stereocenters. The second-order valence-electron chi connectivity index (χ2n) is 4.45. The maximum atomic E-state index is 13.9. The SMILES string of the molecule is CCNC(C1=CCCC1)c1cc(F)c(Cl)cc1F. The Morgan fingerprint density at radius 2 is 2.11 bits per heavy atom. The van der Waals surface area contributed by atoms with Crippen molar-refractivity contribution < 1.29 is 8.78 Å². The van der Waals surface area contributed by atoms with Crippen molar-refractivity contribution in [2.75, 3.05) is 6.54 Å². The van der Waals surface area contributed by atoms with Crippen molar-refractivity contribution in [2.45, 2.75) is 32.2 Å². The van der Waals surface area contributed by atoms with Crippen LogP contribution in [0.25, 0.3) is 0 Å². The molecule has 0 bridgehead atoms. The summed E-state index contributed by atoms with van der Waals surface area (Å²) >= 11 is 5.58. The average Bonchev–Trinajstić information content (AvgIpc) is 2.85. The van der Waals surface area contributed by atoms with E-state index in [0.29, 0.717) is 12.1 Å². The molecule has 0 aromatic heterocycles. The van der Waals surface area contributed by atoms with Crippen LogP contribution in [0.2, 0.25) is 5.02 Å². The van der Waals surface area contributed by atoms with Crippen molar-refractivity contribution in [1.82, 2.24) is 5.32 Å². The molecule has 0 heterocycles. The number of halogens is 3. The smallest absolute Gasteiger partial charge is 0.142 e. The molecule has 0 aliphatic heterocycles. The summed E-state index contributed by atoms with van der Waals surface area (Å²) in [6.07, 6.45) is 5.13. The summed E-state index contributed by atoms with van der Waals surface area (Å²) in [5, 5.41) is 3.04. The summed E-state index contributed by atoms with van der Waals surface area (Å²) in [5.41, 5.74) is 1.48. The molecule has 1 aliphatic carbocycles. The van der Waals surface area contributed by atoms with E-state index in [1.807, 2.05) is 6.92 Å². The fourth-order valence-electron chi connectivity index (χ4n) is 2.36. The van der Waals surface area contributed by atoms with Gasteiger partial charge >= 0.3 is 0 Å². The molecule has 0 amide bonds. The quantitative estimate of drug-likeness (QED) is 0.633. The summed E-state index contributed by atoms with van der Waals surface area (Å²) in [6.45, 7) is 2.65. The molecule has 1 aromatic rings. The highest BCUT2D eigenvalue weighted by Crippen LogP contribution is 2.33. The normalized spacial score (nSPS) is 16.8. The minimum absolute atomic E-state index is 0.174. The van der Waals surface area contributed by atoms with Crippen molar-refractivity contribution in [3.63, 3.8) is 0 Å². The average molecular weight is 272 g/mol. The molecule has 1 aliphatic rings. The first kappa shape index (κ1) is 13.5. The summed E-state index contributed by atoms with van der Waals surface area (Å²) < 4.78 is 27.4. The zero-order valence-corrected chi connectivity index (χ0v) is 11.0. The third kappa shape index (κ3) is 2.73. The van der Waals surface area contributed by atoms with Gasteiger partial charge in [0.15, 0.2) is 0 Å². The van der Waals surface area contributed by atoms with Crippen LogP contribution < -0.4 is 5.32 Å². The molecule has 0 saturated carbocycles. The zero-order chi connectivity index (χ0) is 13.1. The molecule has 0 fully saturated rings. The molecular formula is C14H16ClF2N. The Morgan fingerprint density at radius 1 is 1.33 bits per heavy atom. The predicted octanol–water partition coefficient (Wildman–Crippen LogP) is 4.38. The monoisotopic (exact) mass is 271 g/mol. The molecule has 4 heteroatoms. The Labute approximate surface area is 111 Å². The standard InChI is InChI=1S/C14H16ClF2N/c1-2-18-14(9-5-3-4-6-9)10-7-13(17)11(15)8-12(10)16/h5,7-8,14,18H,2-4,6H2,1H3. The van der Waals surface area contributed by atoms with Gasteiger partial charge in [-0.05, 0) is 37.9 Å². The van der Waals surface area contributed by atoms with E-state index < -0.39 is 11.6 Å². The lowest BCUT2D eigenvalue weighted by molar-refractivity contribution is 0.535. The van der Waals surface area contributed by atoms with Crippen LogP contribution in [-0.4, -0.2) is 6.54 Å². The van der Waals surface area contributed by atoms with Gasteiger partial charge in [0.25, 0.3) is 0 Å². The molecule has 1 nitrogen and oxygen atoms in total. The summed E-state index contributed by atoms with van der Waals surface area (Å²) in [6, 6.07) is 2.00. The van der Waals surface area contributed by atoms with Gasteiger partial charge in [-0.3, -0.25) is 0 Å². The van der Waals surface area contributed by atoms with Gasteiger partial charge in [0.2, 0.25) is 0 Å². The Balaban J connectivity index is 2.38. The van der Waals surface area contributed by atoms with Gasteiger partial charge in [0.1, 0.15) is 11.6 Å². The van der Waals surface area contributed by atoms with Gasteiger partial charge in [-0.25, -0.2) is 8.78 Å². The van der Waals surface area contributed by atoms with E-state index in [9.17, 15) is 8.78 Å². The van der Waals surface area contributed by atoms with E-state index in [-0.39, 0.29) is 11.1 Å². The van der Waals surface area contributed by atoms with Gasteiger partial charge < -0.3 is 5.32 Å². The first-order valence-electron chi connectivity index (χ1n) is 6.20. The third-order valence-electron chi connectivity index (χ3n) is 3.21. The van der Waals surface area contributed by atoms with Crippen LogP contribution in [0.4, 0.5) is 8.78 Å². The van der Waals surface area contributed by atoms with Crippen LogP contribution in [0.3, 0.4) is 0 Å². The van der Waals surface area contributed by atoms with Crippen molar-refractivity contribution >= 4 is 11.6 Å². The van der Waals surface area contributed by atoms with Gasteiger partial charge in [-0.1, -0.05) is 30.2 Å². The van der Waals surface area contributed by atoms with Crippen molar-refractivity contribution in [3.8, 4) is 0 Å². The predicted molar refractivity (Wildman–Crippen MR) is 69.7 cm³/mol. The molecule has 18 heavy (non-hydrogen) atoms. The topological polar surface area (TPSA) is 12.0 Å². The minimum atomic E-state index is -0.574. The van der Waals surface area contributed by atoms with Gasteiger partial charge in [0, 0.05) is 5.56 Å². The number of allylic oxidation sites excluding steroid dienone is 1. The Bertz CT molecular complexity index is 471. The molecule has 1 unspecified atom stereocenters. The van der Waals surface area contributed by atoms with E-state index in [1.165, 1.54) is 6.07 Å². The molecule has 1 N–H and O–H groups in total. The number of hydrogen-bond donors (Lipinski definition) is 1. The van der Waals surface area contributed by atoms with Crippen molar-refractivity contribution in [2.24, 2.45) is 0 Å². The van der Waals surface area contributed by atoms with E-state index in [0.717, 1.165) is 30.9 Å². The zero-order valence-electron chi connectivity index (χ0n) is 10.3. The highest BCUT2D eigenvalue weighted by molar-refractivity contribution is 6.30. The summed E-state index contributed by atoms with van der Waals surface area (Å²) in [5.74, 6) is -1.03. The third-order valence-corrected chi connectivity index (χ3v) is 3.50. The maximum absolute atomic E-state index is 13.9. The molecule has 0 radical (unpaired) electrons. The van der Waals surface area contributed by atoms with E-state index in [1.54, 1.807) is 0 Å². The van der Waals surface area contributed by atoms with E-state index in [4.69, 9.17) is 11.6 Å². The Hall–Kier alpha value is -0.930. The molecular weight excluding hydrogens is 256 g/mol. The highest BCUT2D eigenvalue weighted by Gasteiger charge is 2.22. The van der Waals surface area contributed by atoms with Crippen LogP contribution >= 0.6 is 11.6 Å². The van der Waals surface area contributed by atoms with Gasteiger partial charge in [-0.15, -0.1) is 0 Å². The lowest BCUT2D eigenvalue weighted by Crippen LogP contribution is -2.23. The molecule has 0 spiro atoms. The highest BCUT2D eigenvalue weighted by atomic mass is 35.5. The first-order chi connectivity index (χ1) is 8.63. The number of hydrogen-bond acceptors (Lipinski definition) is 1. The Kier molecular flexibility index (Phi) is 4.36. The summed E-state index contributed by atoms with van der Waals surface area (Å²) in [4.78, 5) is 0. The number of likely N-dealkylation sites (N-methyl/N-ethyl adjacent to an activating group) is 1. The number of nitrogens with one attached hydrogen (secondary N) is 1.